The first-order valence-corrected chi connectivity index (χ1v) is 6.27. The third-order valence-corrected chi connectivity index (χ3v) is 2.87. The van der Waals surface area contributed by atoms with E-state index in [1.165, 1.54) is 4.90 Å². The molecule has 3 amide bonds. The van der Waals surface area contributed by atoms with Gasteiger partial charge in [-0.25, -0.2) is 0 Å². The molecule has 0 spiro atoms. The van der Waals surface area contributed by atoms with E-state index in [1.807, 2.05) is 7.05 Å². The zero-order valence-electron chi connectivity index (χ0n) is 11.6. The van der Waals surface area contributed by atoms with Crippen LogP contribution in [0.15, 0.2) is 0 Å². The minimum Gasteiger partial charge on any atom is -0.344 e. The molecule has 1 unspecified atom stereocenters. The number of halogens is 1. The van der Waals surface area contributed by atoms with Gasteiger partial charge in [-0.3, -0.25) is 19.3 Å². The Hall–Kier alpha value is -1.14. The molecule has 7 heteroatoms. The highest BCUT2D eigenvalue weighted by molar-refractivity contribution is 6.07. The molecule has 0 aliphatic carbocycles. The van der Waals surface area contributed by atoms with Crippen LogP contribution in [0.4, 0.5) is 0 Å². The molecule has 2 N–H and O–H groups in total. The Morgan fingerprint density at radius 1 is 1.42 bits per heavy atom. The van der Waals surface area contributed by atoms with Crippen LogP contribution in [0.3, 0.4) is 0 Å². The molecule has 0 aromatic rings. The largest absolute Gasteiger partial charge is 0.344 e. The SMILES string of the molecule is CNCCCC(=O)NC1CC(=O)N(C(C)C)C1=O.Cl. The van der Waals surface area contributed by atoms with Gasteiger partial charge in [0.25, 0.3) is 5.91 Å². The van der Waals surface area contributed by atoms with Crippen molar-refractivity contribution in [1.82, 2.24) is 15.5 Å². The Morgan fingerprint density at radius 2 is 2.05 bits per heavy atom. The Kier molecular flexibility index (Phi) is 7.63. The fourth-order valence-electron chi connectivity index (χ4n) is 2.00. The Labute approximate surface area is 119 Å². The van der Waals surface area contributed by atoms with Crippen molar-refractivity contribution >= 4 is 30.1 Å². The molecule has 0 saturated carbocycles. The summed E-state index contributed by atoms with van der Waals surface area (Å²) < 4.78 is 0. The van der Waals surface area contributed by atoms with Gasteiger partial charge in [0.05, 0.1) is 6.42 Å². The van der Waals surface area contributed by atoms with Gasteiger partial charge < -0.3 is 10.6 Å². The first-order valence-electron chi connectivity index (χ1n) is 6.27. The number of carbonyl (C=O) groups is 3. The average molecular weight is 292 g/mol. The van der Waals surface area contributed by atoms with Crippen LogP contribution < -0.4 is 10.6 Å². The number of rotatable bonds is 6. The summed E-state index contributed by atoms with van der Waals surface area (Å²) in [5, 5.41) is 5.57. The third kappa shape index (κ3) is 4.80. The standard InChI is InChI=1S/C12H21N3O3.ClH/c1-8(2)15-11(17)7-9(12(15)18)14-10(16)5-4-6-13-3;/h8-9,13H,4-7H2,1-3H3,(H,14,16);1H. The minimum atomic E-state index is -0.679. The van der Waals surface area contributed by atoms with Gasteiger partial charge in [0, 0.05) is 12.5 Å². The van der Waals surface area contributed by atoms with Gasteiger partial charge in [-0.2, -0.15) is 0 Å². The topological polar surface area (TPSA) is 78.5 Å². The summed E-state index contributed by atoms with van der Waals surface area (Å²) in [7, 11) is 1.82. The molecule has 1 heterocycles. The van der Waals surface area contributed by atoms with Gasteiger partial charge >= 0.3 is 0 Å². The van der Waals surface area contributed by atoms with Crippen LogP contribution in [-0.4, -0.2) is 48.3 Å². The van der Waals surface area contributed by atoms with Gasteiger partial charge in [-0.1, -0.05) is 0 Å². The third-order valence-electron chi connectivity index (χ3n) is 2.87. The summed E-state index contributed by atoms with van der Waals surface area (Å²) in [4.78, 5) is 36.3. The van der Waals surface area contributed by atoms with Gasteiger partial charge in [0.15, 0.2) is 0 Å². The first-order chi connectivity index (χ1) is 8.47. The van der Waals surface area contributed by atoms with Crippen molar-refractivity contribution in [3.05, 3.63) is 0 Å². The van der Waals surface area contributed by atoms with Crippen LogP contribution in [0.2, 0.25) is 0 Å². The zero-order chi connectivity index (χ0) is 13.7. The van der Waals surface area contributed by atoms with Crippen LogP contribution in [-0.2, 0) is 14.4 Å². The van der Waals surface area contributed by atoms with E-state index in [2.05, 4.69) is 10.6 Å². The summed E-state index contributed by atoms with van der Waals surface area (Å²) in [5.74, 6) is -0.686. The normalized spacial score (nSPS) is 18.7. The molecule has 1 rings (SSSR count). The van der Waals surface area contributed by atoms with Crippen molar-refractivity contribution in [2.75, 3.05) is 13.6 Å². The molecular weight excluding hydrogens is 270 g/mol. The van der Waals surface area contributed by atoms with Crippen LogP contribution in [0.25, 0.3) is 0 Å². The second kappa shape index (κ2) is 8.12. The fourth-order valence-corrected chi connectivity index (χ4v) is 2.00. The molecule has 0 aromatic heterocycles. The van der Waals surface area contributed by atoms with Gasteiger partial charge in [-0.15, -0.1) is 12.4 Å². The van der Waals surface area contributed by atoms with E-state index >= 15 is 0 Å². The van der Waals surface area contributed by atoms with Crippen LogP contribution in [0, 0.1) is 0 Å². The van der Waals surface area contributed by atoms with E-state index in [-0.39, 0.29) is 42.6 Å². The first kappa shape index (κ1) is 17.9. The maximum Gasteiger partial charge on any atom is 0.252 e. The second-order valence-corrected chi connectivity index (χ2v) is 4.73. The van der Waals surface area contributed by atoms with Crippen molar-refractivity contribution in [2.24, 2.45) is 0 Å². The Balaban J connectivity index is 0.00000324. The molecule has 1 fully saturated rings. The lowest BCUT2D eigenvalue weighted by molar-refractivity contribution is -0.141. The molecule has 1 aliphatic heterocycles. The van der Waals surface area contributed by atoms with E-state index < -0.39 is 6.04 Å². The highest BCUT2D eigenvalue weighted by atomic mass is 35.5. The quantitative estimate of drug-likeness (QED) is 0.536. The molecule has 0 bridgehead atoms. The maximum atomic E-state index is 11.9. The Bertz CT molecular complexity index is 347. The number of amides is 3. The number of carbonyl (C=O) groups excluding carboxylic acids is 3. The van der Waals surface area contributed by atoms with Crippen molar-refractivity contribution < 1.29 is 14.4 Å². The summed E-state index contributed by atoms with van der Waals surface area (Å²) in [5.41, 5.74) is 0. The van der Waals surface area contributed by atoms with E-state index in [9.17, 15) is 14.4 Å². The van der Waals surface area contributed by atoms with Crippen molar-refractivity contribution in [1.29, 1.82) is 0 Å². The molecule has 19 heavy (non-hydrogen) atoms. The summed E-state index contributed by atoms with van der Waals surface area (Å²) in [6.07, 6.45) is 1.15. The number of likely N-dealkylation sites (tertiary alicyclic amines) is 1. The van der Waals surface area contributed by atoms with E-state index in [0.29, 0.717) is 12.8 Å². The maximum absolute atomic E-state index is 11.9. The molecule has 0 aromatic carbocycles. The molecule has 1 saturated heterocycles. The lowest BCUT2D eigenvalue weighted by Crippen LogP contribution is -2.43. The number of hydrogen-bond acceptors (Lipinski definition) is 4. The zero-order valence-corrected chi connectivity index (χ0v) is 12.4. The highest BCUT2D eigenvalue weighted by Crippen LogP contribution is 2.16. The van der Waals surface area contributed by atoms with Crippen LogP contribution >= 0.6 is 12.4 Å². The number of nitrogens with zero attached hydrogens (tertiary/aromatic N) is 1. The minimum absolute atomic E-state index is 0. The predicted octanol–water partition coefficient (Wildman–Crippen LogP) is 0.0599. The van der Waals surface area contributed by atoms with Crippen molar-refractivity contribution in [3.63, 3.8) is 0 Å². The average Bonchev–Trinajstić information content (AvgIpc) is 2.54. The van der Waals surface area contributed by atoms with Crippen molar-refractivity contribution in [2.45, 2.75) is 45.2 Å². The van der Waals surface area contributed by atoms with Gasteiger partial charge in [-0.05, 0) is 33.9 Å². The summed E-state index contributed by atoms with van der Waals surface area (Å²) >= 11 is 0. The lowest BCUT2D eigenvalue weighted by atomic mass is 10.2. The predicted molar refractivity (Wildman–Crippen MR) is 73.9 cm³/mol. The molecule has 0 radical (unpaired) electrons. The lowest BCUT2D eigenvalue weighted by Gasteiger charge is -2.19. The monoisotopic (exact) mass is 291 g/mol. The highest BCUT2D eigenvalue weighted by Gasteiger charge is 2.40. The number of hydrogen-bond donors (Lipinski definition) is 2. The molecule has 1 aliphatic rings. The van der Waals surface area contributed by atoms with Crippen molar-refractivity contribution in [3.8, 4) is 0 Å². The van der Waals surface area contributed by atoms with Gasteiger partial charge in [0.1, 0.15) is 6.04 Å². The summed E-state index contributed by atoms with van der Waals surface area (Å²) in [6, 6.07) is -0.835. The van der Waals surface area contributed by atoms with E-state index in [1.54, 1.807) is 13.8 Å². The summed E-state index contributed by atoms with van der Waals surface area (Å²) in [6.45, 7) is 4.32. The number of nitrogens with one attached hydrogen (secondary N) is 2. The fraction of sp³-hybridized carbons (Fsp3) is 0.750. The second-order valence-electron chi connectivity index (χ2n) is 4.73. The van der Waals surface area contributed by atoms with E-state index in [0.717, 1.165) is 6.54 Å². The molecule has 110 valence electrons. The number of imide groups is 1. The molecule has 6 nitrogen and oxygen atoms in total. The smallest absolute Gasteiger partial charge is 0.252 e. The van der Waals surface area contributed by atoms with Crippen LogP contribution in [0.1, 0.15) is 33.1 Å². The van der Waals surface area contributed by atoms with E-state index in [4.69, 9.17) is 0 Å². The van der Waals surface area contributed by atoms with Crippen LogP contribution in [0.5, 0.6) is 0 Å². The Morgan fingerprint density at radius 3 is 2.53 bits per heavy atom. The van der Waals surface area contributed by atoms with Gasteiger partial charge in [0.2, 0.25) is 11.8 Å². The molecule has 1 atom stereocenters. The molecular formula is C12H22ClN3O3.